The summed E-state index contributed by atoms with van der Waals surface area (Å²) in [5, 5.41) is 0. The van der Waals surface area contributed by atoms with Crippen LogP contribution in [0.3, 0.4) is 0 Å². The van der Waals surface area contributed by atoms with E-state index in [1.54, 1.807) is 13.2 Å². The second-order valence-corrected chi connectivity index (χ2v) is 2.11. The summed E-state index contributed by atoms with van der Waals surface area (Å²) in [7, 11) is 1.57. The molecule has 1 rings (SSSR count). The fraction of sp³-hybridized carbons (Fsp3) is 0.571. The average Bonchev–Trinajstić information content (AvgIpc) is 1.89. The van der Waals surface area contributed by atoms with Gasteiger partial charge in [0.15, 0.2) is 5.78 Å². The van der Waals surface area contributed by atoms with Crippen LogP contribution in [0.4, 0.5) is 0 Å². The molecular weight excluding hydrogens is 116 g/mol. The number of carbonyl (C=O) groups is 1. The highest BCUT2D eigenvalue weighted by Gasteiger charge is 2.16. The Kier molecular flexibility index (Phi) is 2.01. The minimum Gasteiger partial charge on any atom is -0.373 e. The zero-order valence-corrected chi connectivity index (χ0v) is 5.46. The molecule has 0 aromatic carbocycles. The zero-order chi connectivity index (χ0) is 6.69. The fourth-order valence-electron chi connectivity index (χ4n) is 0.931. The molecule has 2 heteroatoms. The Morgan fingerprint density at radius 3 is 3.00 bits per heavy atom. The van der Waals surface area contributed by atoms with E-state index < -0.39 is 0 Å². The first-order valence-corrected chi connectivity index (χ1v) is 3.08. The zero-order valence-electron chi connectivity index (χ0n) is 5.46. The van der Waals surface area contributed by atoms with Gasteiger partial charge in [-0.2, -0.15) is 0 Å². The highest BCUT2D eigenvalue weighted by atomic mass is 16.5. The molecule has 0 bridgehead atoms. The number of carbonyl (C=O) groups excluding carboxylic acids is 1. The maximum Gasteiger partial charge on any atom is 0.184 e. The molecule has 9 heavy (non-hydrogen) atoms. The van der Waals surface area contributed by atoms with Crippen molar-refractivity contribution in [1.82, 2.24) is 0 Å². The van der Waals surface area contributed by atoms with E-state index in [-0.39, 0.29) is 11.9 Å². The van der Waals surface area contributed by atoms with Gasteiger partial charge in [0.25, 0.3) is 0 Å². The smallest absolute Gasteiger partial charge is 0.184 e. The van der Waals surface area contributed by atoms with E-state index in [1.807, 2.05) is 6.08 Å². The highest BCUT2D eigenvalue weighted by molar-refractivity contribution is 5.94. The number of allylic oxidation sites excluding steroid dienone is 1. The van der Waals surface area contributed by atoms with Gasteiger partial charge in [-0.25, -0.2) is 0 Å². The highest BCUT2D eigenvalue weighted by Crippen LogP contribution is 2.09. The van der Waals surface area contributed by atoms with Crippen molar-refractivity contribution in [2.45, 2.75) is 18.9 Å². The monoisotopic (exact) mass is 126 g/mol. The minimum absolute atomic E-state index is 0.101. The van der Waals surface area contributed by atoms with Crippen molar-refractivity contribution < 1.29 is 9.53 Å². The van der Waals surface area contributed by atoms with Crippen molar-refractivity contribution >= 4 is 5.78 Å². The normalized spacial score (nSPS) is 26.8. The summed E-state index contributed by atoms with van der Waals surface area (Å²) in [6.45, 7) is 0. The quantitative estimate of drug-likeness (QED) is 0.522. The Hall–Kier alpha value is -0.630. The second kappa shape index (κ2) is 2.78. The van der Waals surface area contributed by atoms with E-state index >= 15 is 0 Å². The largest absolute Gasteiger partial charge is 0.373 e. The van der Waals surface area contributed by atoms with Crippen molar-refractivity contribution in [3.8, 4) is 0 Å². The average molecular weight is 126 g/mol. The molecule has 2 nitrogen and oxygen atoms in total. The summed E-state index contributed by atoms with van der Waals surface area (Å²) in [5.41, 5.74) is 0. The lowest BCUT2D eigenvalue weighted by Gasteiger charge is -2.13. The summed E-state index contributed by atoms with van der Waals surface area (Å²) in [4.78, 5) is 10.8. The maximum atomic E-state index is 10.8. The lowest BCUT2D eigenvalue weighted by Crippen LogP contribution is -2.22. The van der Waals surface area contributed by atoms with Crippen LogP contribution in [0.1, 0.15) is 12.8 Å². The molecule has 0 spiro atoms. The van der Waals surface area contributed by atoms with Gasteiger partial charge in [-0.1, -0.05) is 6.08 Å². The van der Waals surface area contributed by atoms with Gasteiger partial charge in [0.1, 0.15) is 6.10 Å². The van der Waals surface area contributed by atoms with E-state index in [9.17, 15) is 4.79 Å². The van der Waals surface area contributed by atoms with Gasteiger partial charge in [-0.05, 0) is 18.9 Å². The molecule has 0 heterocycles. The summed E-state index contributed by atoms with van der Waals surface area (Å²) in [6, 6.07) is 0. The van der Waals surface area contributed by atoms with Crippen LogP contribution in [-0.4, -0.2) is 19.0 Å². The summed E-state index contributed by atoms with van der Waals surface area (Å²) in [6.07, 6.45) is 5.11. The van der Waals surface area contributed by atoms with Crippen LogP contribution in [0.5, 0.6) is 0 Å². The maximum absolute atomic E-state index is 10.8. The van der Waals surface area contributed by atoms with E-state index in [0.717, 1.165) is 12.8 Å². The third-order valence-corrected chi connectivity index (χ3v) is 1.48. The molecule has 50 valence electrons. The Balaban J connectivity index is 2.55. The van der Waals surface area contributed by atoms with E-state index in [0.29, 0.717) is 0 Å². The summed E-state index contributed by atoms with van der Waals surface area (Å²) < 4.78 is 4.90. The van der Waals surface area contributed by atoms with Gasteiger partial charge >= 0.3 is 0 Å². The van der Waals surface area contributed by atoms with E-state index in [4.69, 9.17) is 4.74 Å². The SMILES string of the molecule is COC1CCC=CC1=O. The van der Waals surface area contributed by atoms with E-state index in [2.05, 4.69) is 0 Å². The molecule has 0 aromatic rings. The molecule has 0 saturated carbocycles. The number of rotatable bonds is 1. The molecular formula is C7H10O2. The number of methoxy groups -OCH3 is 1. The third kappa shape index (κ3) is 1.39. The van der Waals surface area contributed by atoms with Crippen LogP contribution in [0.25, 0.3) is 0 Å². The molecule has 0 fully saturated rings. The third-order valence-electron chi connectivity index (χ3n) is 1.48. The van der Waals surface area contributed by atoms with Gasteiger partial charge < -0.3 is 4.74 Å². The molecule has 1 aliphatic carbocycles. The van der Waals surface area contributed by atoms with Crippen molar-refractivity contribution in [3.63, 3.8) is 0 Å². The molecule has 0 radical (unpaired) electrons. The number of hydrogen-bond donors (Lipinski definition) is 0. The molecule has 0 amide bonds. The number of ether oxygens (including phenoxy) is 1. The van der Waals surface area contributed by atoms with Gasteiger partial charge in [-0.15, -0.1) is 0 Å². The molecule has 0 saturated heterocycles. The molecule has 1 aliphatic rings. The first kappa shape index (κ1) is 6.49. The Morgan fingerprint density at radius 1 is 1.78 bits per heavy atom. The number of hydrogen-bond acceptors (Lipinski definition) is 2. The minimum atomic E-state index is -0.171. The Morgan fingerprint density at radius 2 is 2.56 bits per heavy atom. The topological polar surface area (TPSA) is 26.3 Å². The fourth-order valence-corrected chi connectivity index (χ4v) is 0.931. The van der Waals surface area contributed by atoms with Crippen LogP contribution in [-0.2, 0) is 9.53 Å². The van der Waals surface area contributed by atoms with Crippen LogP contribution in [0.15, 0.2) is 12.2 Å². The van der Waals surface area contributed by atoms with Crippen LogP contribution < -0.4 is 0 Å². The van der Waals surface area contributed by atoms with Crippen molar-refractivity contribution in [1.29, 1.82) is 0 Å². The van der Waals surface area contributed by atoms with Gasteiger partial charge in [0.2, 0.25) is 0 Å². The van der Waals surface area contributed by atoms with Gasteiger partial charge in [-0.3, -0.25) is 4.79 Å². The van der Waals surface area contributed by atoms with Crippen molar-refractivity contribution in [3.05, 3.63) is 12.2 Å². The molecule has 0 N–H and O–H groups in total. The summed E-state index contributed by atoms with van der Waals surface area (Å²) >= 11 is 0. The van der Waals surface area contributed by atoms with Crippen LogP contribution >= 0.6 is 0 Å². The van der Waals surface area contributed by atoms with Gasteiger partial charge in [0, 0.05) is 7.11 Å². The summed E-state index contributed by atoms with van der Waals surface area (Å²) in [5.74, 6) is 0.101. The predicted octanol–water partition coefficient (Wildman–Crippen LogP) is 0.920. The molecule has 0 aromatic heterocycles. The first-order chi connectivity index (χ1) is 4.34. The number of ketones is 1. The predicted molar refractivity (Wildman–Crippen MR) is 34.2 cm³/mol. The van der Waals surface area contributed by atoms with Crippen molar-refractivity contribution in [2.24, 2.45) is 0 Å². The van der Waals surface area contributed by atoms with Crippen LogP contribution in [0.2, 0.25) is 0 Å². The van der Waals surface area contributed by atoms with E-state index in [1.165, 1.54) is 0 Å². The van der Waals surface area contributed by atoms with Crippen LogP contribution in [0, 0.1) is 0 Å². The molecule has 0 aliphatic heterocycles. The van der Waals surface area contributed by atoms with Gasteiger partial charge in [0.05, 0.1) is 0 Å². The Labute approximate surface area is 54.5 Å². The second-order valence-electron chi connectivity index (χ2n) is 2.11. The lowest BCUT2D eigenvalue weighted by atomic mass is 10.0. The standard InChI is InChI=1S/C7H10O2/c1-9-7-5-3-2-4-6(7)8/h2,4,7H,3,5H2,1H3. The van der Waals surface area contributed by atoms with Crippen molar-refractivity contribution in [2.75, 3.05) is 7.11 Å². The molecule has 1 unspecified atom stereocenters. The Bertz CT molecular complexity index is 138. The lowest BCUT2D eigenvalue weighted by molar-refractivity contribution is -0.124. The first-order valence-electron chi connectivity index (χ1n) is 3.08. The molecule has 1 atom stereocenters.